The van der Waals surface area contributed by atoms with E-state index in [9.17, 15) is 4.79 Å². The summed E-state index contributed by atoms with van der Waals surface area (Å²) in [7, 11) is 1.41. The molecule has 2 rings (SSSR count). The third kappa shape index (κ3) is 3.41. The highest BCUT2D eigenvalue weighted by molar-refractivity contribution is 5.90. The molecule has 0 fully saturated rings. The molecule has 1 heterocycles. The van der Waals surface area contributed by atoms with Gasteiger partial charge in [-0.05, 0) is 41.5 Å². The molecule has 0 aromatic heterocycles. The number of anilines is 1. The zero-order valence-electron chi connectivity index (χ0n) is 11.9. The number of rotatable bonds is 1. The standard InChI is InChI=1S/C15H21NO2.ClH/c1-15(2,3)12-8-11-7-10(14(17)18-4)5-6-13(11)16-9-12;/h5-7,12,16H,8-9H2,1-4H3;1H. The maximum Gasteiger partial charge on any atom is 0.337 e. The fourth-order valence-corrected chi connectivity index (χ4v) is 2.36. The van der Waals surface area contributed by atoms with Crippen LogP contribution >= 0.6 is 12.4 Å². The third-order valence-corrected chi connectivity index (χ3v) is 3.76. The van der Waals surface area contributed by atoms with Crippen molar-refractivity contribution in [1.29, 1.82) is 0 Å². The summed E-state index contributed by atoms with van der Waals surface area (Å²) in [5, 5.41) is 3.45. The van der Waals surface area contributed by atoms with E-state index in [1.165, 1.54) is 12.7 Å². The molecule has 1 N–H and O–H groups in total. The van der Waals surface area contributed by atoms with Crippen molar-refractivity contribution < 1.29 is 9.53 Å². The lowest BCUT2D eigenvalue weighted by molar-refractivity contribution is 0.0600. The first kappa shape index (κ1) is 15.8. The van der Waals surface area contributed by atoms with E-state index < -0.39 is 0 Å². The van der Waals surface area contributed by atoms with Crippen LogP contribution in [0.2, 0.25) is 0 Å². The summed E-state index contributed by atoms with van der Waals surface area (Å²) in [6.07, 6.45) is 1.01. The lowest BCUT2D eigenvalue weighted by atomic mass is 9.75. The second-order valence-electron chi connectivity index (χ2n) is 6.01. The van der Waals surface area contributed by atoms with Gasteiger partial charge in [-0.2, -0.15) is 0 Å². The average molecular weight is 284 g/mol. The number of fused-ring (bicyclic) bond motifs is 1. The quantitative estimate of drug-likeness (QED) is 0.802. The average Bonchev–Trinajstić information content (AvgIpc) is 2.35. The van der Waals surface area contributed by atoms with Crippen molar-refractivity contribution >= 4 is 24.1 Å². The Kier molecular flexibility index (Phi) is 4.86. The van der Waals surface area contributed by atoms with Gasteiger partial charge in [0.25, 0.3) is 0 Å². The molecule has 1 atom stereocenters. The molecule has 19 heavy (non-hydrogen) atoms. The summed E-state index contributed by atoms with van der Waals surface area (Å²) < 4.78 is 4.76. The summed E-state index contributed by atoms with van der Waals surface area (Å²) in [6, 6.07) is 5.74. The first-order valence-corrected chi connectivity index (χ1v) is 6.37. The van der Waals surface area contributed by atoms with Crippen LogP contribution in [0.4, 0.5) is 5.69 Å². The highest BCUT2D eigenvalue weighted by atomic mass is 35.5. The number of nitrogens with one attached hydrogen (secondary N) is 1. The van der Waals surface area contributed by atoms with Crippen molar-refractivity contribution in [3.63, 3.8) is 0 Å². The van der Waals surface area contributed by atoms with E-state index in [1.807, 2.05) is 18.2 Å². The number of hydrogen-bond donors (Lipinski definition) is 1. The van der Waals surface area contributed by atoms with E-state index in [2.05, 4.69) is 26.1 Å². The normalized spacial score (nSPS) is 17.8. The predicted molar refractivity (Wildman–Crippen MR) is 80.2 cm³/mol. The fourth-order valence-electron chi connectivity index (χ4n) is 2.36. The minimum absolute atomic E-state index is 0. The molecule has 1 aromatic carbocycles. The van der Waals surface area contributed by atoms with Gasteiger partial charge < -0.3 is 10.1 Å². The van der Waals surface area contributed by atoms with Crippen LogP contribution in [0, 0.1) is 11.3 Å². The highest BCUT2D eigenvalue weighted by Gasteiger charge is 2.28. The van der Waals surface area contributed by atoms with Gasteiger partial charge in [0, 0.05) is 12.2 Å². The molecule has 1 aliphatic rings. The van der Waals surface area contributed by atoms with Crippen molar-refractivity contribution in [3.05, 3.63) is 29.3 Å². The Hall–Kier alpha value is -1.22. The van der Waals surface area contributed by atoms with E-state index in [4.69, 9.17) is 4.74 Å². The molecule has 0 saturated carbocycles. The molecule has 1 unspecified atom stereocenters. The Morgan fingerprint density at radius 2 is 2.05 bits per heavy atom. The van der Waals surface area contributed by atoms with Gasteiger partial charge in [0.1, 0.15) is 0 Å². The zero-order valence-corrected chi connectivity index (χ0v) is 12.8. The SMILES string of the molecule is COC(=O)c1ccc2c(c1)CC(C(C)(C)C)CN2.Cl. The Bertz CT molecular complexity index is 466. The molecule has 4 heteroatoms. The van der Waals surface area contributed by atoms with Crippen LogP contribution in [0.5, 0.6) is 0 Å². The first-order valence-electron chi connectivity index (χ1n) is 6.37. The lowest BCUT2D eigenvalue weighted by Crippen LogP contribution is -2.33. The largest absolute Gasteiger partial charge is 0.465 e. The molecule has 0 radical (unpaired) electrons. The van der Waals surface area contributed by atoms with Crippen molar-refractivity contribution in [2.45, 2.75) is 27.2 Å². The summed E-state index contributed by atoms with van der Waals surface area (Å²) in [4.78, 5) is 11.5. The minimum Gasteiger partial charge on any atom is -0.465 e. The van der Waals surface area contributed by atoms with Crippen LogP contribution in [0.1, 0.15) is 36.7 Å². The maximum atomic E-state index is 11.5. The van der Waals surface area contributed by atoms with Gasteiger partial charge in [-0.3, -0.25) is 0 Å². The van der Waals surface area contributed by atoms with Gasteiger partial charge in [-0.25, -0.2) is 4.79 Å². The molecule has 3 nitrogen and oxygen atoms in total. The molecule has 1 aliphatic heterocycles. The van der Waals surface area contributed by atoms with Crippen LogP contribution in [-0.2, 0) is 11.2 Å². The summed E-state index contributed by atoms with van der Waals surface area (Å²) in [5.41, 5.74) is 3.26. The zero-order chi connectivity index (χ0) is 13.3. The number of carbonyl (C=O) groups is 1. The number of esters is 1. The second-order valence-corrected chi connectivity index (χ2v) is 6.01. The molecular formula is C15H22ClNO2. The minimum atomic E-state index is -0.268. The smallest absolute Gasteiger partial charge is 0.337 e. The Balaban J connectivity index is 0.00000180. The molecule has 0 aliphatic carbocycles. The van der Waals surface area contributed by atoms with Gasteiger partial charge in [0.05, 0.1) is 12.7 Å². The third-order valence-electron chi connectivity index (χ3n) is 3.76. The number of benzene rings is 1. The van der Waals surface area contributed by atoms with Gasteiger partial charge >= 0.3 is 5.97 Å². The predicted octanol–water partition coefficient (Wildman–Crippen LogP) is 3.53. The number of ether oxygens (including phenoxy) is 1. The molecule has 0 amide bonds. The van der Waals surface area contributed by atoms with Crippen LogP contribution in [0.25, 0.3) is 0 Å². The van der Waals surface area contributed by atoms with Gasteiger partial charge in [-0.1, -0.05) is 20.8 Å². The monoisotopic (exact) mass is 283 g/mol. The summed E-state index contributed by atoms with van der Waals surface area (Å²) in [5.74, 6) is 0.313. The van der Waals surface area contributed by atoms with E-state index >= 15 is 0 Å². The number of methoxy groups -OCH3 is 1. The molecule has 0 spiro atoms. The van der Waals surface area contributed by atoms with Crippen LogP contribution in [-0.4, -0.2) is 19.6 Å². The van der Waals surface area contributed by atoms with E-state index in [1.54, 1.807) is 0 Å². The Labute approximate surface area is 121 Å². The topological polar surface area (TPSA) is 38.3 Å². The first-order chi connectivity index (χ1) is 8.41. The molecular weight excluding hydrogens is 262 g/mol. The molecule has 0 bridgehead atoms. The van der Waals surface area contributed by atoms with Crippen molar-refractivity contribution in [2.24, 2.45) is 11.3 Å². The maximum absolute atomic E-state index is 11.5. The highest BCUT2D eigenvalue weighted by Crippen LogP contribution is 2.35. The van der Waals surface area contributed by atoms with Crippen molar-refractivity contribution in [2.75, 3.05) is 19.0 Å². The summed E-state index contributed by atoms with van der Waals surface area (Å²) >= 11 is 0. The number of hydrogen-bond acceptors (Lipinski definition) is 3. The molecule has 1 aromatic rings. The van der Waals surface area contributed by atoms with E-state index in [-0.39, 0.29) is 23.8 Å². The van der Waals surface area contributed by atoms with Crippen LogP contribution in [0.15, 0.2) is 18.2 Å². The number of halogens is 1. The van der Waals surface area contributed by atoms with E-state index in [0.717, 1.165) is 18.7 Å². The van der Waals surface area contributed by atoms with Gasteiger partial charge in [0.15, 0.2) is 0 Å². The van der Waals surface area contributed by atoms with Gasteiger partial charge in [-0.15, -0.1) is 12.4 Å². The Morgan fingerprint density at radius 3 is 2.63 bits per heavy atom. The second kappa shape index (κ2) is 5.83. The van der Waals surface area contributed by atoms with E-state index in [0.29, 0.717) is 11.5 Å². The van der Waals surface area contributed by atoms with Gasteiger partial charge in [0.2, 0.25) is 0 Å². The summed E-state index contributed by atoms with van der Waals surface area (Å²) in [6.45, 7) is 7.77. The van der Waals surface area contributed by atoms with Crippen LogP contribution < -0.4 is 5.32 Å². The van der Waals surface area contributed by atoms with Crippen LogP contribution in [0.3, 0.4) is 0 Å². The number of carbonyl (C=O) groups excluding carboxylic acids is 1. The Morgan fingerprint density at radius 1 is 1.37 bits per heavy atom. The fraction of sp³-hybridized carbons (Fsp3) is 0.533. The van der Waals surface area contributed by atoms with Crippen molar-refractivity contribution in [1.82, 2.24) is 0 Å². The lowest BCUT2D eigenvalue weighted by Gasteiger charge is -2.35. The molecule has 106 valence electrons. The molecule has 0 saturated heterocycles. The van der Waals surface area contributed by atoms with Crippen molar-refractivity contribution in [3.8, 4) is 0 Å².